The van der Waals surface area contributed by atoms with Crippen LogP contribution in [-0.2, 0) is 9.59 Å². The molecular weight excluding hydrogens is 359 g/mol. The molecule has 1 aliphatic rings. The van der Waals surface area contributed by atoms with Gasteiger partial charge in [0.15, 0.2) is 0 Å². The summed E-state index contributed by atoms with van der Waals surface area (Å²) in [4.78, 5) is 50.0. The number of imide groups is 2. The number of carbonyl (C=O) groups excluding carboxylic acids is 4. The van der Waals surface area contributed by atoms with E-state index in [1.807, 2.05) is 0 Å². The first-order valence-corrected chi connectivity index (χ1v) is 7.62. The number of benzene rings is 1. The Hall–Kier alpha value is -2.32. The van der Waals surface area contributed by atoms with E-state index >= 15 is 0 Å². The maximum Gasteiger partial charge on any atom is 0.340 e. The van der Waals surface area contributed by atoms with Crippen LogP contribution in [0, 0.1) is 0 Å². The highest BCUT2D eigenvalue weighted by Crippen LogP contribution is 2.30. The van der Waals surface area contributed by atoms with Crippen molar-refractivity contribution in [3.8, 4) is 0 Å². The van der Waals surface area contributed by atoms with Crippen LogP contribution in [0.15, 0.2) is 18.2 Å². The molecule has 8 nitrogen and oxygen atoms in total. The van der Waals surface area contributed by atoms with Gasteiger partial charge in [0.05, 0.1) is 5.69 Å². The van der Waals surface area contributed by atoms with Gasteiger partial charge >= 0.3 is 12.1 Å². The third-order valence-electron chi connectivity index (χ3n) is 3.12. The number of halogens is 2. The second-order valence-electron chi connectivity index (χ2n) is 5.36. The van der Waals surface area contributed by atoms with Gasteiger partial charge in [-0.05, 0) is 32.0 Å². The van der Waals surface area contributed by atoms with E-state index in [0.29, 0.717) is 9.80 Å². The van der Waals surface area contributed by atoms with Crippen molar-refractivity contribution in [1.29, 1.82) is 0 Å². The predicted octanol–water partition coefficient (Wildman–Crippen LogP) is 1.73. The lowest BCUT2D eigenvalue weighted by Crippen LogP contribution is -2.52. The number of primary amides is 1. The third kappa shape index (κ3) is 3.29. The molecule has 3 N–H and O–H groups in total. The number of urea groups is 2. The lowest BCUT2D eigenvalue weighted by atomic mass is 10.2. The van der Waals surface area contributed by atoms with Crippen molar-refractivity contribution in [2.45, 2.75) is 25.9 Å². The Morgan fingerprint density at radius 3 is 2.17 bits per heavy atom. The summed E-state index contributed by atoms with van der Waals surface area (Å²) in [5.41, 5.74) is 5.23. The fourth-order valence-electron chi connectivity index (χ4n) is 2.22. The Morgan fingerprint density at radius 1 is 1.17 bits per heavy atom. The van der Waals surface area contributed by atoms with E-state index in [0.717, 1.165) is 0 Å². The zero-order valence-electron chi connectivity index (χ0n) is 12.7. The van der Waals surface area contributed by atoms with Crippen LogP contribution in [0.5, 0.6) is 0 Å². The van der Waals surface area contributed by atoms with Crippen LogP contribution in [-0.4, -0.2) is 40.9 Å². The molecule has 0 radical (unpaired) electrons. The number of hydrogen-bond acceptors (Lipinski definition) is 4. The van der Waals surface area contributed by atoms with E-state index in [2.05, 4.69) is 5.32 Å². The molecule has 24 heavy (non-hydrogen) atoms. The first kappa shape index (κ1) is 18.0. The molecule has 1 fully saturated rings. The molecule has 1 heterocycles. The topological polar surface area (TPSA) is 113 Å². The molecule has 0 bridgehead atoms. The Kier molecular flexibility index (Phi) is 5.00. The van der Waals surface area contributed by atoms with E-state index < -0.39 is 29.9 Å². The molecule has 0 saturated carbocycles. The van der Waals surface area contributed by atoms with Crippen LogP contribution in [0.4, 0.5) is 15.3 Å². The van der Waals surface area contributed by atoms with Gasteiger partial charge in [0.25, 0.3) is 11.8 Å². The largest absolute Gasteiger partial charge is 0.367 e. The molecule has 1 atom stereocenters. The molecule has 10 heteroatoms. The van der Waals surface area contributed by atoms with E-state index in [1.54, 1.807) is 13.8 Å². The number of amides is 6. The maximum absolute atomic E-state index is 12.6. The number of anilines is 1. The normalized spacial score (nSPS) is 17.6. The summed E-state index contributed by atoms with van der Waals surface area (Å²) in [7, 11) is 0. The van der Waals surface area contributed by atoms with Crippen molar-refractivity contribution in [1.82, 2.24) is 10.2 Å². The minimum atomic E-state index is -1.74. The van der Waals surface area contributed by atoms with Gasteiger partial charge in [0.1, 0.15) is 0 Å². The van der Waals surface area contributed by atoms with E-state index in [1.165, 1.54) is 18.2 Å². The fraction of sp³-hybridized carbons (Fsp3) is 0.286. The van der Waals surface area contributed by atoms with Gasteiger partial charge in [-0.3, -0.25) is 9.59 Å². The summed E-state index contributed by atoms with van der Waals surface area (Å²) in [5.74, 6) is -2.08. The average molecular weight is 373 g/mol. The number of nitrogens with zero attached hydrogens (tertiary/aromatic N) is 2. The molecule has 1 saturated heterocycles. The monoisotopic (exact) mass is 372 g/mol. The van der Waals surface area contributed by atoms with Crippen LogP contribution in [0.25, 0.3) is 0 Å². The molecule has 1 aromatic carbocycles. The molecule has 1 aliphatic heterocycles. The molecule has 128 valence electrons. The Morgan fingerprint density at radius 2 is 1.71 bits per heavy atom. The highest BCUT2D eigenvalue weighted by Gasteiger charge is 2.52. The number of carbonyl (C=O) groups is 4. The molecule has 2 rings (SSSR count). The summed E-state index contributed by atoms with van der Waals surface area (Å²) >= 11 is 11.7. The summed E-state index contributed by atoms with van der Waals surface area (Å²) in [5, 5.41) is 2.80. The lowest BCUT2D eigenvalue weighted by Gasteiger charge is -2.20. The van der Waals surface area contributed by atoms with Crippen molar-refractivity contribution in [3.63, 3.8) is 0 Å². The molecule has 0 aromatic heterocycles. The first-order valence-electron chi connectivity index (χ1n) is 6.86. The number of rotatable bonds is 3. The van der Waals surface area contributed by atoms with Gasteiger partial charge in [0.2, 0.25) is 6.04 Å². The van der Waals surface area contributed by atoms with E-state index in [4.69, 9.17) is 28.9 Å². The number of hydrogen-bond donors (Lipinski definition) is 2. The summed E-state index contributed by atoms with van der Waals surface area (Å²) in [6, 6.07) is 0.0589. The van der Waals surface area contributed by atoms with Crippen LogP contribution < -0.4 is 16.0 Å². The minimum absolute atomic E-state index is 0.0357. The number of nitrogens with one attached hydrogen (secondary N) is 1. The quantitative estimate of drug-likeness (QED) is 0.621. The lowest BCUT2D eigenvalue weighted by molar-refractivity contribution is -0.129. The Labute approximate surface area is 147 Å². The van der Waals surface area contributed by atoms with Crippen molar-refractivity contribution < 1.29 is 19.2 Å². The molecule has 1 unspecified atom stereocenters. The average Bonchev–Trinajstić information content (AvgIpc) is 2.68. The van der Waals surface area contributed by atoms with Crippen molar-refractivity contribution in [2.24, 2.45) is 5.73 Å². The second-order valence-corrected chi connectivity index (χ2v) is 6.24. The third-order valence-corrected chi connectivity index (χ3v) is 3.55. The molecule has 0 spiro atoms. The second kappa shape index (κ2) is 6.66. The summed E-state index contributed by atoms with van der Waals surface area (Å²) in [6.07, 6.45) is 0. The van der Waals surface area contributed by atoms with Crippen LogP contribution in [0.2, 0.25) is 10.0 Å². The van der Waals surface area contributed by atoms with Crippen LogP contribution in [0.3, 0.4) is 0 Å². The van der Waals surface area contributed by atoms with Gasteiger partial charge in [0, 0.05) is 16.1 Å². The smallest absolute Gasteiger partial charge is 0.340 e. The zero-order valence-corrected chi connectivity index (χ0v) is 14.3. The molecule has 0 aliphatic carbocycles. The van der Waals surface area contributed by atoms with Crippen LogP contribution in [0.1, 0.15) is 13.8 Å². The fourth-order valence-corrected chi connectivity index (χ4v) is 2.74. The standard InChI is InChI=1S/C14H14Cl2N4O4/c1-6(2)18-13(23)20-10(11(17)21)12(22)19(14(20)24)9-4-7(15)3-8(16)5-9/h3-6,10H,1-2H3,(H2,17,21)(H,18,23). The van der Waals surface area contributed by atoms with Gasteiger partial charge in [-0.2, -0.15) is 0 Å². The van der Waals surface area contributed by atoms with Gasteiger partial charge in [-0.1, -0.05) is 23.2 Å². The van der Waals surface area contributed by atoms with Gasteiger partial charge < -0.3 is 11.1 Å². The van der Waals surface area contributed by atoms with Crippen molar-refractivity contribution in [3.05, 3.63) is 28.2 Å². The predicted molar refractivity (Wildman–Crippen MR) is 87.8 cm³/mol. The van der Waals surface area contributed by atoms with Gasteiger partial charge in [-0.25, -0.2) is 19.4 Å². The first-order chi connectivity index (χ1) is 11.1. The minimum Gasteiger partial charge on any atom is -0.367 e. The Balaban J connectivity index is 2.48. The van der Waals surface area contributed by atoms with Crippen molar-refractivity contribution >= 4 is 52.8 Å². The summed E-state index contributed by atoms with van der Waals surface area (Å²) in [6.45, 7) is 3.32. The Bertz CT molecular complexity index is 717. The van der Waals surface area contributed by atoms with Crippen molar-refractivity contribution in [2.75, 3.05) is 4.90 Å². The van der Waals surface area contributed by atoms with Gasteiger partial charge in [-0.15, -0.1) is 0 Å². The van der Waals surface area contributed by atoms with E-state index in [9.17, 15) is 19.2 Å². The molecular formula is C14H14Cl2N4O4. The molecule has 6 amide bonds. The zero-order chi connectivity index (χ0) is 18.2. The SMILES string of the molecule is CC(C)NC(=O)N1C(=O)N(c2cc(Cl)cc(Cl)c2)C(=O)C1C(N)=O. The highest BCUT2D eigenvalue weighted by atomic mass is 35.5. The number of nitrogens with two attached hydrogens (primary N) is 1. The van der Waals surface area contributed by atoms with E-state index in [-0.39, 0.29) is 21.8 Å². The summed E-state index contributed by atoms with van der Waals surface area (Å²) < 4.78 is 0. The van der Waals surface area contributed by atoms with Crippen LogP contribution >= 0.6 is 23.2 Å². The molecule has 1 aromatic rings. The highest BCUT2D eigenvalue weighted by molar-refractivity contribution is 6.36. The maximum atomic E-state index is 12.6.